The summed E-state index contributed by atoms with van der Waals surface area (Å²) in [7, 11) is 1.24. The van der Waals surface area contributed by atoms with Crippen molar-refractivity contribution in [2.24, 2.45) is 5.73 Å². The number of esters is 1. The molecule has 0 aliphatic carbocycles. The van der Waals surface area contributed by atoms with Gasteiger partial charge in [-0.3, -0.25) is 4.79 Å². The molecule has 0 spiro atoms. The number of aryl methyl sites for hydroxylation is 1. The van der Waals surface area contributed by atoms with Gasteiger partial charge in [-0.05, 0) is 24.1 Å². The number of methoxy groups -OCH3 is 1. The van der Waals surface area contributed by atoms with Crippen molar-refractivity contribution in [3.8, 4) is 0 Å². The topological polar surface area (TPSA) is 52.3 Å². The average Bonchev–Trinajstić information content (AvgIpc) is 2.20. The van der Waals surface area contributed by atoms with Gasteiger partial charge in [0.2, 0.25) is 0 Å². The zero-order chi connectivity index (χ0) is 10.7. The highest BCUT2D eigenvalue weighted by Gasteiger charge is 2.16. The molecule has 76 valence electrons. The van der Waals surface area contributed by atoms with Gasteiger partial charge < -0.3 is 10.5 Å². The van der Waals surface area contributed by atoms with Crippen molar-refractivity contribution >= 4 is 5.97 Å². The van der Waals surface area contributed by atoms with E-state index in [4.69, 9.17) is 5.73 Å². The average molecular weight is 197 g/mol. The number of benzene rings is 1. The predicted molar refractivity (Wildman–Crippen MR) is 50.1 cm³/mol. The van der Waals surface area contributed by atoms with E-state index in [-0.39, 0.29) is 5.82 Å². The van der Waals surface area contributed by atoms with Gasteiger partial charge in [0, 0.05) is 0 Å². The fourth-order valence-electron chi connectivity index (χ4n) is 1.07. The second-order valence-corrected chi connectivity index (χ2v) is 3.01. The van der Waals surface area contributed by atoms with Crippen molar-refractivity contribution in [2.75, 3.05) is 7.11 Å². The third kappa shape index (κ3) is 2.09. The van der Waals surface area contributed by atoms with Gasteiger partial charge in [-0.15, -0.1) is 0 Å². The Morgan fingerprint density at radius 2 is 2.21 bits per heavy atom. The van der Waals surface area contributed by atoms with Crippen molar-refractivity contribution in [1.29, 1.82) is 0 Å². The molecule has 0 fully saturated rings. The standard InChI is InChI=1S/C10H12FNO2/c1-6-3-4-7(5-8(6)11)9(12)10(13)14-2/h3-5,9H,12H2,1-2H3/t9-/m0/s1. The van der Waals surface area contributed by atoms with Crippen molar-refractivity contribution in [3.05, 3.63) is 35.1 Å². The van der Waals surface area contributed by atoms with Gasteiger partial charge in [0.1, 0.15) is 11.9 Å². The van der Waals surface area contributed by atoms with E-state index >= 15 is 0 Å². The van der Waals surface area contributed by atoms with E-state index in [9.17, 15) is 9.18 Å². The maximum Gasteiger partial charge on any atom is 0.327 e. The highest BCUT2D eigenvalue weighted by molar-refractivity contribution is 5.77. The third-order valence-corrected chi connectivity index (χ3v) is 2.01. The highest BCUT2D eigenvalue weighted by Crippen LogP contribution is 2.15. The summed E-state index contributed by atoms with van der Waals surface area (Å²) < 4.78 is 17.5. The molecule has 0 heterocycles. The molecule has 2 N–H and O–H groups in total. The molecule has 1 rings (SSSR count). The second kappa shape index (κ2) is 4.19. The van der Waals surface area contributed by atoms with E-state index in [0.717, 1.165) is 0 Å². The van der Waals surface area contributed by atoms with Gasteiger partial charge in [0.25, 0.3) is 0 Å². The fraction of sp³-hybridized carbons (Fsp3) is 0.300. The number of nitrogens with two attached hydrogens (primary N) is 1. The molecule has 0 aromatic heterocycles. The maximum atomic E-state index is 13.1. The minimum absolute atomic E-state index is 0.373. The molecule has 4 heteroatoms. The minimum Gasteiger partial charge on any atom is -0.468 e. The summed E-state index contributed by atoms with van der Waals surface area (Å²) in [5, 5.41) is 0. The van der Waals surface area contributed by atoms with Gasteiger partial charge >= 0.3 is 5.97 Å². The highest BCUT2D eigenvalue weighted by atomic mass is 19.1. The molecule has 0 aliphatic heterocycles. The summed E-state index contributed by atoms with van der Waals surface area (Å²) in [6, 6.07) is 3.51. The first-order valence-electron chi connectivity index (χ1n) is 4.15. The first-order valence-corrected chi connectivity index (χ1v) is 4.15. The second-order valence-electron chi connectivity index (χ2n) is 3.01. The van der Waals surface area contributed by atoms with E-state index in [1.54, 1.807) is 19.1 Å². The number of halogens is 1. The van der Waals surface area contributed by atoms with Crippen LogP contribution < -0.4 is 5.73 Å². The molecule has 1 atom stereocenters. The smallest absolute Gasteiger partial charge is 0.327 e. The number of ether oxygens (including phenoxy) is 1. The number of hydrogen-bond donors (Lipinski definition) is 1. The van der Waals surface area contributed by atoms with Crippen LogP contribution in [-0.4, -0.2) is 13.1 Å². The lowest BCUT2D eigenvalue weighted by atomic mass is 10.1. The molecular weight excluding hydrogens is 185 g/mol. The quantitative estimate of drug-likeness (QED) is 0.727. The van der Waals surface area contributed by atoms with Crippen LogP contribution in [0.2, 0.25) is 0 Å². The molecule has 1 aromatic rings. The monoisotopic (exact) mass is 197 g/mol. The van der Waals surface area contributed by atoms with Crippen LogP contribution in [0.5, 0.6) is 0 Å². The number of hydrogen-bond acceptors (Lipinski definition) is 3. The van der Waals surface area contributed by atoms with Crippen LogP contribution in [0.4, 0.5) is 4.39 Å². The summed E-state index contributed by atoms with van der Waals surface area (Å²) in [6.07, 6.45) is 0. The minimum atomic E-state index is -0.921. The Balaban J connectivity index is 2.96. The molecular formula is C10H12FNO2. The van der Waals surface area contributed by atoms with E-state index in [1.165, 1.54) is 13.2 Å². The van der Waals surface area contributed by atoms with Crippen molar-refractivity contribution in [3.63, 3.8) is 0 Å². The first kappa shape index (κ1) is 10.7. The Kier molecular flexibility index (Phi) is 3.19. The van der Waals surface area contributed by atoms with Crippen LogP contribution in [0.1, 0.15) is 17.2 Å². The fourth-order valence-corrected chi connectivity index (χ4v) is 1.07. The van der Waals surface area contributed by atoms with Crippen LogP contribution in [0.3, 0.4) is 0 Å². The Labute approximate surface area is 81.7 Å². The van der Waals surface area contributed by atoms with Crippen LogP contribution in [-0.2, 0) is 9.53 Å². The summed E-state index contributed by atoms with van der Waals surface area (Å²) in [5.74, 6) is -0.949. The van der Waals surface area contributed by atoms with Gasteiger partial charge in [-0.25, -0.2) is 4.39 Å². The van der Waals surface area contributed by atoms with Crippen LogP contribution in [0.15, 0.2) is 18.2 Å². The van der Waals surface area contributed by atoms with Crippen LogP contribution in [0, 0.1) is 12.7 Å². The van der Waals surface area contributed by atoms with Crippen LogP contribution >= 0.6 is 0 Å². The van der Waals surface area contributed by atoms with Crippen molar-refractivity contribution in [2.45, 2.75) is 13.0 Å². The van der Waals surface area contributed by atoms with Crippen LogP contribution in [0.25, 0.3) is 0 Å². The van der Waals surface area contributed by atoms with Crippen molar-refractivity contribution in [1.82, 2.24) is 0 Å². The number of carbonyl (C=O) groups is 1. The van der Waals surface area contributed by atoms with Gasteiger partial charge in [-0.1, -0.05) is 12.1 Å². The maximum absolute atomic E-state index is 13.1. The summed E-state index contributed by atoms with van der Waals surface area (Å²) in [4.78, 5) is 11.0. The molecule has 0 saturated carbocycles. The molecule has 0 amide bonds. The van der Waals surface area contributed by atoms with E-state index < -0.39 is 12.0 Å². The molecule has 1 aromatic carbocycles. The Morgan fingerprint density at radius 1 is 1.57 bits per heavy atom. The summed E-state index contributed by atoms with van der Waals surface area (Å²) >= 11 is 0. The molecule has 0 unspecified atom stereocenters. The summed E-state index contributed by atoms with van der Waals surface area (Å²) in [6.45, 7) is 1.64. The van der Waals surface area contributed by atoms with Gasteiger partial charge in [0.05, 0.1) is 7.11 Å². The molecule has 14 heavy (non-hydrogen) atoms. The summed E-state index contributed by atoms with van der Waals surface area (Å²) in [5.41, 5.74) is 6.46. The van der Waals surface area contributed by atoms with E-state index in [2.05, 4.69) is 4.74 Å². The predicted octanol–water partition coefficient (Wildman–Crippen LogP) is 1.31. The SMILES string of the molecule is COC(=O)[C@@H](N)c1ccc(C)c(F)c1. The first-order chi connectivity index (χ1) is 6.56. The Hall–Kier alpha value is -1.42. The molecule has 0 aliphatic rings. The molecule has 0 saturated heterocycles. The van der Waals surface area contributed by atoms with E-state index in [0.29, 0.717) is 11.1 Å². The molecule has 0 radical (unpaired) electrons. The lowest BCUT2D eigenvalue weighted by molar-refractivity contribution is -0.142. The molecule has 3 nitrogen and oxygen atoms in total. The Morgan fingerprint density at radius 3 is 2.71 bits per heavy atom. The molecule has 0 bridgehead atoms. The zero-order valence-electron chi connectivity index (χ0n) is 8.08. The number of carbonyl (C=O) groups excluding carboxylic acids is 1. The third-order valence-electron chi connectivity index (χ3n) is 2.01. The van der Waals surface area contributed by atoms with Crippen molar-refractivity contribution < 1.29 is 13.9 Å². The lowest BCUT2D eigenvalue weighted by Gasteiger charge is -2.09. The van der Waals surface area contributed by atoms with Gasteiger partial charge in [0.15, 0.2) is 0 Å². The largest absolute Gasteiger partial charge is 0.468 e. The van der Waals surface area contributed by atoms with E-state index in [1.807, 2.05) is 0 Å². The normalized spacial score (nSPS) is 12.3. The Bertz CT molecular complexity index is 352. The van der Waals surface area contributed by atoms with Gasteiger partial charge in [-0.2, -0.15) is 0 Å². The zero-order valence-corrected chi connectivity index (χ0v) is 8.08. The lowest BCUT2D eigenvalue weighted by Crippen LogP contribution is -2.22. The number of rotatable bonds is 2.